The number of ketones is 1. The number of rotatable bonds is 6. The lowest BCUT2D eigenvalue weighted by Gasteiger charge is -2.29. The molecule has 0 amide bonds. The van der Waals surface area contributed by atoms with E-state index in [0.29, 0.717) is 30.2 Å². The molecule has 1 saturated heterocycles. The van der Waals surface area contributed by atoms with Crippen molar-refractivity contribution in [1.29, 1.82) is 0 Å². The summed E-state index contributed by atoms with van der Waals surface area (Å²) in [6, 6.07) is 11.5. The molecule has 0 saturated carbocycles. The highest BCUT2D eigenvalue weighted by Crippen LogP contribution is 2.33. The summed E-state index contributed by atoms with van der Waals surface area (Å²) < 4.78 is 16.5. The van der Waals surface area contributed by atoms with Crippen LogP contribution in [0, 0.1) is 6.92 Å². The first kappa shape index (κ1) is 21.7. The van der Waals surface area contributed by atoms with Crippen LogP contribution in [-0.4, -0.2) is 51.6 Å². The number of methoxy groups -OCH3 is 3. The van der Waals surface area contributed by atoms with Crippen molar-refractivity contribution in [2.45, 2.75) is 13.8 Å². The van der Waals surface area contributed by atoms with E-state index >= 15 is 0 Å². The average molecular weight is 408 g/mol. The smallest absolute Gasteiger partial charge is 0.187 e. The van der Waals surface area contributed by atoms with Gasteiger partial charge >= 0.3 is 0 Å². The van der Waals surface area contributed by atoms with Gasteiger partial charge in [0.1, 0.15) is 17.2 Å². The van der Waals surface area contributed by atoms with E-state index in [9.17, 15) is 4.79 Å². The molecular weight excluding hydrogens is 378 g/mol. The first-order valence-electron chi connectivity index (χ1n) is 10.0. The number of ether oxygens (including phenoxy) is 3. The van der Waals surface area contributed by atoms with Crippen LogP contribution in [-0.2, 0) is 4.79 Å². The molecule has 5 heteroatoms. The van der Waals surface area contributed by atoms with E-state index in [0.717, 1.165) is 34.6 Å². The zero-order chi connectivity index (χ0) is 21.7. The third-order valence-corrected chi connectivity index (χ3v) is 5.43. The van der Waals surface area contributed by atoms with Crippen LogP contribution in [0.1, 0.15) is 23.6 Å². The average Bonchev–Trinajstić information content (AvgIpc) is 2.77. The lowest BCUT2D eigenvalue weighted by atomic mass is 9.93. The van der Waals surface area contributed by atoms with Gasteiger partial charge in [-0.3, -0.25) is 9.69 Å². The van der Waals surface area contributed by atoms with Gasteiger partial charge in [-0.25, -0.2) is 0 Å². The molecule has 0 N–H and O–H groups in total. The number of carbonyl (C=O) groups is 1. The number of benzene rings is 2. The second kappa shape index (κ2) is 9.63. The number of carbonyl (C=O) groups excluding carboxylic acids is 1. The highest BCUT2D eigenvalue weighted by atomic mass is 16.5. The van der Waals surface area contributed by atoms with E-state index < -0.39 is 0 Å². The number of piperidine rings is 1. The van der Waals surface area contributed by atoms with Gasteiger partial charge in [-0.05, 0) is 49.4 Å². The predicted molar refractivity (Wildman–Crippen MR) is 120 cm³/mol. The summed E-state index contributed by atoms with van der Waals surface area (Å²) in [5.74, 6) is 2.16. The maximum absolute atomic E-state index is 13.4. The largest absolute Gasteiger partial charge is 0.496 e. The number of likely N-dealkylation sites (N-methyl/N-ethyl adjacent to an activating group) is 1. The van der Waals surface area contributed by atoms with Crippen molar-refractivity contribution >= 4 is 17.9 Å². The van der Waals surface area contributed by atoms with Gasteiger partial charge in [0, 0.05) is 29.8 Å². The molecule has 0 bridgehead atoms. The minimum absolute atomic E-state index is 0.0398. The molecule has 2 aromatic rings. The number of likely N-dealkylation sites (tertiary alicyclic amines) is 1. The summed E-state index contributed by atoms with van der Waals surface area (Å²) in [6.45, 7) is 6.15. The standard InChI is InChI=1S/C25H29NO4/c1-6-26-15-18(13-20-17(2)9-7-10-22(20)28-3)25(27)19(16-26)14-21-23(29-4)11-8-12-24(21)30-5/h7-14H,6,15-16H2,1-5H3/b18-13+,19-14+. The van der Waals surface area contributed by atoms with Gasteiger partial charge in [0.2, 0.25) is 0 Å². The van der Waals surface area contributed by atoms with Gasteiger partial charge in [0.15, 0.2) is 5.78 Å². The van der Waals surface area contributed by atoms with E-state index in [1.165, 1.54) is 0 Å². The van der Waals surface area contributed by atoms with Gasteiger partial charge in [0.25, 0.3) is 0 Å². The fraction of sp³-hybridized carbons (Fsp3) is 0.320. The van der Waals surface area contributed by atoms with Crippen LogP contribution >= 0.6 is 0 Å². The minimum Gasteiger partial charge on any atom is -0.496 e. The van der Waals surface area contributed by atoms with Gasteiger partial charge in [-0.2, -0.15) is 0 Å². The molecule has 3 rings (SSSR count). The third kappa shape index (κ3) is 4.41. The van der Waals surface area contributed by atoms with Crippen molar-refractivity contribution in [3.63, 3.8) is 0 Å². The van der Waals surface area contributed by atoms with Crippen molar-refractivity contribution in [1.82, 2.24) is 4.90 Å². The number of hydrogen-bond donors (Lipinski definition) is 0. The predicted octanol–water partition coefficient (Wildman–Crippen LogP) is 4.39. The topological polar surface area (TPSA) is 48.0 Å². The quantitative estimate of drug-likeness (QED) is 0.665. The summed E-state index contributed by atoms with van der Waals surface area (Å²) in [5.41, 5.74) is 4.24. The first-order chi connectivity index (χ1) is 14.5. The highest BCUT2D eigenvalue weighted by molar-refractivity contribution is 6.15. The normalized spacial score (nSPS) is 17.4. The Kier molecular flexibility index (Phi) is 6.95. The highest BCUT2D eigenvalue weighted by Gasteiger charge is 2.26. The van der Waals surface area contributed by atoms with E-state index in [2.05, 4.69) is 11.8 Å². The lowest BCUT2D eigenvalue weighted by Crippen LogP contribution is -2.37. The maximum Gasteiger partial charge on any atom is 0.187 e. The fourth-order valence-electron chi connectivity index (χ4n) is 3.72. The van der Waals surface area contributed by atoms with Crippen LogP contribution in [0.25, 0.3) is 12.2 Å². The van der Waals surface area contributed by atoms with Crippen molar-refractivity contribution < 1.29 is 19.0 Å². The van der Waals surface area contributed by atoms with Crippen molar-refractivity contribution in [3.8, 4) is 17.2 Å². The molecular formula is C25H29NO4. The molecule has 1 aliphatic heterocycles. The van der Waals surface area contributed by atoms with E-state index in [4.69, 9.17) is 14.2 Å². The van der Waals surface area contributed by atoms with Gasteiger partial charge < -0.3 is 14.2 Å². The second-order valence-corrected chi connectivity index (χ2v) is 7.24. The molecule has 30 heavy (non-hydrogen) atoms. The molecule has 2 aromatic carbocycles. The van der Waals surface area contributed by atoms with Crippen LogP contribution in [0.15, 0.2) is 47.5 Å². The maximum atomic E-state index is 13.4. The Labute approximate surface area is 178 Å². The van der Waals surface area contributed by atoms with Crippen LogP contribution in [0.4, 0.5) is 0 Å². The van der Waals surface area contributed by atoms with Gasteiger partial charge in [-0.1, -0.05) is 25.1 Å². The van der Waals surface area contributed by atoms with Crippen LogP contribution in [0.2, 0.25) is 0 Å². The molecule has 158 valence electrons. The van der Waals surface area contributed by atoms with Gasteiger partial charge in [0.05, 0.1) is 26.9 Å². The Hall–Kier alpha value is -3.05. The van der Waals surface area contributed by atoms with Crippen LogP contribution in [0.3, 0.4) is 0 Å². The Morgan fingerprint density at radius 3 is 1.80 bits per heavy atom. The monoisotopic (exact) mass is 407 g/mol. The summed E-state index contributed by atoms with van der Waals surface area (Å²) in [4.78, 5) is 15.7. The second-order valence-electron chi connectivity index (χ2n) is 7.24. The molecule has 0 spiro atoms. The molecule has 0 unspecified atom stereocenters. The Bertz CT molecular complexity index is 968. The zero-order valence-corrected chi connectivity index (χ0v) is 18.3. The van der Waals surface area contributed by atoms with Crippen molar-refractivity contribution in [3.05, 3.63) is 64.2 Å². The van der Waals surface area contributed by atoms with Gasteiger partial charge in [-0.15, -0.1) is 0 Å². The molecule has 5 nitrogen and oxygen atoms in total. The first-order valence-corrected chi connectivity index (χ1v) is 10.0. The zero-order valence-electron chi connectivity index (χ0n) is 18.3. The number of Topliss-reactive ketones (excluding diaryl/α,β-unsaturated/α-hetero) is 1. The number of aryl methyl sites for hydroxylation is 1. The van der Waals surface area contributed by atoms with Crippen LogP contribution < -0.4 is 14.2 Å². The number of nitrogens with zero attached hydrogens (tertiary/aromatic N) is 1. The number of hydrogen-bond acceptors (Lipinski definition) is 5. The molecule has 1 aliphatic rings. The minimum atomic E-state index is 0.0398. The lowest BCUT2D eigenvalue weighted by molar-refractivity contribution is -0.113. The molecule has 0 radical (unpaired) electrons. The van der Waals surface area contributed by atoms with E-state index in [-0.39, 0.29) is 5.78 Å². The Morgan fingerprint density at radius 1 is 0.833 bits per heavy atom. The summed E-state index contributed by atoms with van der Waals surface area (Å²) in [7, 11) is 4.89. The SMILES string of the molecule is CCN1C/C(=C\c2c(C)cccc2OC)C(=O)/C(=C/c2c(OC)cccc2OC)C1. The Balaban J connectivity index is 2.09. The molecule has 0 aromatic heterocycles. The fourth-order valence-corrected chi connectivity index (χ4v) is 3.72. The van der Waals surface area contributed by atoms with E-state index in [1.54, 1.807) is 21.3 Å². The van der Waals surface area contributed by atoms with E-state index in [1.807, 2.05) is 55.5 Å². The molecule has 0 aliphatic carbocycles. The molecule has 0 atom stereocenters. The van der Waals surface area contributed by atoms with Crippen molar-refractivity contribution in [2.24, 2.45) is 0 Å². The summed E-state index contributed by atoms with van der Waals surface area (Å²) >= 11 is 0. The molecule has 1 fully saturated rings. The molecule has 1 heterocycles. The van der Waals surface area contributed by atoms with Crippen molar-refractivity contribution in [2.75, 3.05) is 41.0 Å². The summed E-state index contributed by atoms with van der Waals surface area (Å²) in [6.07, 6.45) is 3.86. The van der Waals surface area contributed by atoms with Crippen LogP contribution in [0.5, 0.6) is 17.2 Å². The third-order valence-electron chi connectivity index (χ3n) is 5.43. The summed E-state index contributed by atoms with van der Waals surface area (Å²) in [5, 5.41) is 0. The Morgan fingerprint density at radius 2 is 1.30 bits per heavy atom.